The Labute approximate surface area is 125 Å². The van der Waals surface area contributed by atoms with Gasteiger partial charge in [-0.1, -0.05) is 22.9 Å². The Kier molecular flexibility index (Phi) is 6.14. The molecule has 0 spiro atoms. The van der Waals surface area contributed by atoms with Crippen molar-refractivity contribution in [2.75, 3.05) is 25.0 Å². The molecule has 1 saturated carbocycles. The third-order valence-corrected chi connectivity index (χ3v) is 4.87. The van der Waals surface area contributed by atoms with Crippen LogP contribution in [0.4, 0.5) is 0 Å². The lowest BCUT2D eigenvalue weighted by Gasteiger charge is -2.35. The van der Waals surface area contributed by atoms with Crippen LogP contribution in [0.3, 0.4) is 0 Å². The number of hydrogen-bond donors (Lipinski definition) is 0. The zero-order chi connectivity index (χ0) is 13.7. The van der Waals surface area contributed by atoms with E-state index in [1.54, 1.807) is 0 Å². The van der Waals surface area contributed by atoms with Gasteiger partial charge in [0.05, 0.1) is 12.7 Å². The second-order valence-corrected chi connectivity index (χ2v) is 6.83. The number of ether oxygens (including phenoxy) is 1. The van der Waals surface area contributed by atoms with Crippen LogP contribution in [0.5, 0.6) is 0 Å². The van der Waals surface area contributed by atoms with E-state index in [9.17, 15) is 4.79 Å². The maximum atomic E-state index is 12.5. The normalized spacial score (nSPS) is 29.5. The highest BCUT2D eigenvalue weighted by atomic mass is 79.9. The number of amides is 1. The van der Waals surface area contributed by atoms with Gasteiger partial charge in [0.1, 0.15) is 0 Å². The van der Waals surface area contributed by atoms with Gasteiger partial charge in [0, 0.05) is 24.3 Å². The Hall–Kier alpha value is -0.0900. The molecule has 0 aromatic carbocycles. The molecule has 110 valence electrons. The summed E-state index contributed by atoms with van der Waals surface area (Å²) < 4.78 is 5.73. The Morgan fingerprint density at radius 3 is 2.37 bits per heavy atom. The maximum Gasteiger partial charge on any atom is 0.225 e. The molecule has 2 rings (SSSR count). The SMILES string of the molecule is CC1CCC(C(=O)N2CCC(OCCBr)CC2)CC1. The summed E-state index contributed by atoms with van der Waals surface area (Å²) in [6, 6.07) is 0. The van der Waals surface area contributed by atoms with Crippen LogP contribution in [-0.4, -0.2) is 41.9 Å². The molecule has 19 heavy (non-hydrogen) atoms. The number of alkyl halides is 1. The van der Waals surface area contributed by atoms with Crippen molar-refractivity contribution in [3.8, 4) is 0 Å². The van der Waals surface area contributed by atoms with Crippen LogP contribution in [0.1, 0.15) is 45.4 Å². The van der Waals surface area contributed by atoms with E-state index in [2.05, 4.69) is 27.8 Å². The van der Waals surface area contributed by atoms with Crippen molar-refractivity contribution in [1.29, 1.82) is 0 Å². The quantitative estimate of drug-likeness (QED) is 0.740. The summed E-state index contributed by atoms with van der Waals surface area (Å²) in [5.41, 5.74) is 0. The largest absolute Gasteiger partial charge is 0.377 e. The zero-order valence-electron chi connectivity index (χ0n) is 11.9. The van der Waals surface area contributed by atoms with E-state index in [-0.39, 0.29) is 0 Å². The minimum Gasteiger partial charge on any atom is -0.377 e. The van der Waals surface area contributed by atoms with Crippen molar-refractivity contribution in [1.82, 2.24) is 4.90 Å². The molecule has 0 atom stereocenters. The van der Waals surface area contributed by atoms with E-state index in [4.69, 9.17) is 4.74 Å². The number of rotatable bonds is 4. The zero-order valence-corrected chi connectivity index (χ0v) is 13.5. The van der Waals surface area contributed by atoms with Gasteiger partial charge in [-0.3, -0.25) is 4.79 Å². The molecule has 1 aliphatic carbocycles. The van der Waals surface area contributed by atoms with Crippen molar-refractivity contribution in [3.63, 3.8) is 0 Å². The third kappa shape index (κ3) is 4.45. The van der Waals surface area contributed by atoms with Crippen molar-refractivity contribution in [2.45, 2.75) is 51.6 Å². The minimum absolute atomic E-state index is 0.302. The third-order valence-electron chi connectivity index (χ3n) is 4.55. The molecular weight excluding hydrogens is 306 g/mol. The van der Waals surface area contributed by atoms with Gasteiger partial charge in [0.2, 0.25) is 5.91 Å². The van der Waals surface area contributed by atoms with E-state index < -0.39 is 0 Å². The average molecular weight is 332 g/mol. The first kappa shape index (κ1) is 15.3. The molecule has 0 N–H and O–H groups in total. The first-order chi connectivity index (χ1) is 9.20. The van der Waals surface area contributed by atoms with Gasteiger partial charge in [-0.15, -0.1) is 0 Å². The summed E-state index contributed by atoms with van der Waals surface area (Å²) in [4.78, 5) is 14.5. The maximum absolute atomic E-state index is 12.5. The number of hydrogen-bond acceptors (Lipinski definition) is 2. The van der Waals surface area contributed by atoms with E-state index in [0.29, 0.717) is 17.9 Å². The minimum atomic E-state index is 0.302. The summed E-state index contributed by atoms with van der Waals surface area (Å²) in [6.45, 7) is 4.85. The Morgan fingerprint density at radius 1 is 1.16 bits per heavy atom. The summed E-state index contributed by atoms with van der Waals surface area (Å²) in [5, 5.41) is 0.895. The van der Waals surface area contributed by atoms with Crippen LogP contribution in [0, 0.1) is 11.8 Å². The van der Waals surface area contributed by atoms with Gasteiger partial charge in [-0.2, -0.15) is 0 Å². The first-order valence-corrected chi connectivity index (χ1v) is 8.79. The summed E-state index contributed by atoms with van der Waals surface area (Å²) in [6.07, 6.45) is 7.00. The van der Waals surface area contributed by atoms with Crippen LogP contribution < -0.4 is 0 Å². The summed E-state index contributed by atoms with van der Waals surface area (Å²) in [7, 11) is 0. The number of halogens is 1. The van der Waals surface area contributed by atoms with E-state index >= 15 is 0 Å². The number of carbonyl (C=O) groups excluding carboxylic acids is 1. The number of carbonyl (C=O) groups is 1. The van der Waals surface area contributed by atoms with Crippen LogP contribution in [0.15, 0.2) is 0 Å². The molecule has 0 aromatic rings. The first-order valence-electron chi connectivity index (χ1n) is 7.67. The second kappa shape index (κ2) is 7.63. The highest BCUT2D eigenvalue weighted by Gasteiger charge is 2.30. The predicted molar refractivity (Wildman–Crippen MR) is 80.5 cm³/mol. The van der Waals surface area contributed by atoms with Gasteiger partial charge in [0.25, 0.3) is 0 Å². The molecule has 0 aromatic heterocycles. The Bertz CT molecular complexity index is 282. The Morgan fingerprint density at radius 2 is 1.79 bits per heavy atom. The lowest BCUT2D eigenvalue weighted by atomic mass is 9.82. The molecular formula is C15H26BrNO2. The van der Waals surface area contributed by atoms with Crippen LogP contribution >= 0.6 is 15.9 Å². The number of nitrogens with zero attached hydrogens (tertiary/aromatic N) is 1. The number of likely N-dealkylation sites (tertiary alicyclic amines) is 1. The summed E-state index contributed by atoms with van der Waals surface area (Å²) in [5.74, 6) is 1.52. The molecule has 0 unspecified atom stereocenters. The van der Waals surface area contributed by atoms with Gasteiger partial charge < -0.3 is 9.64 Å². The molecule has 4 heteroatoms. The molecule has 3 nitrogen and oxygen atoms in total. The summed E-state index contributed by atoms with van der Waals surface area (Å²) >= 11 is 3.38. The number of piperidine rings is 1. The van der Waals surface area contributed by atoms with E-state index in [1.165, 1.54) is 12.8 Å². The van der Waals surface area contributed by atoms with E-state index in [1.807, 2.05) is 0 Å². The molecule has 1 aliphatic heterocycles. The fraction of sp³-hybridized carbons (Fsp3) is 0.933. The van der Waals surface area contributed by atoms with Crippen molar-refractivity contribution in [2.24, 2.45) is 11.8 Å². The fourth-order valence-electron chi connectivity index (χ4n) is 3.22. The lowest BCUT2D eigenvalue weighted by molar-refractivity contribution is -0.139. The van der Waals surface area contributed by atoms with Crippen LogP contribution in [-0.2, 0) is 9.53 Å². The molecule has 0 bridgehead atoms. The van der Waals surface area contributed by atoms with Crippen LogP contribution in [0.25, 0.3) is 0 Å². The van der Waals surface area contributed by atoms with Gasteiger partial charge in [-0.25, -0.2) is 0 Å². The Balaban J connectivity index is 1.73. The lowest BCUT2D eigenvalue weighted by Crippen LogP contribution is -2.44. The average Bonchev–Trinajstić information content (AvgIpc) is 2.46. The molecule has 2 aliphatic rings. The second-order valence-electron chi connectivity index (χ2n) is 6.04. The van der Waals surface area contributed by atoms with Gasteiger partial charge in [0.15, 0.2) is 0 Å². The molecule has 0 radical (unpaired) electrons. The molecule has 1 saturated heterocycles. The van der Waals surface area contributed by atoms with Gasteiger partial charge in [-0.05, 0) is 44.4 Å². The predicted octanol–water partition coefficient (Wildman–Crippen LogP) is 3.22. The van der Waals surface area contributed by atoms with Crippen molar-refractivity contribution < 1.29 is 9.53 Å². The van der Waals surface area contributed by atoms with E-state index in [0.717, 1.165) is 56.6 Å². The molecule has 2 fully saturated rings. The van der Waals surface area contributed by atoms with Crippen molar-refractivity contribution >= 4 is 21.8 Å². The monoisotopic (exact) mass is 331 g/mol. The smallest absolute Gasteiger partial charge is 0.225 e. The molecule has 1 heterocycles. The van der Waals surface area contributed by atoms with Gasteiger partial charge >= 0.3 is 0 Å². The highest BCUT2D eigenvalue weighted by molar-refractivity contribution is 9.09. The highest BCUT2D eigenvalue weighted by Crippen LogP contribution is 2.30. The standard InChI is InChI=1S/C15H26BrNO2/c1-12-2-4-13(5-3-12)15(18)17-9-6-14(7-10-17)19-11-8-16/h12-14H,2-11H2,1H3. The molecule has 1 amide bonds. The fourth-order valence-corrected chi connectivity index (χ4v) is 3.41. The topological polar surface area (TPSA) is 29.5 Å². The van der Waals surface area contributed by atoms with Crippen LogP contribution in [0.2, 0.25) is 0 Å². The van der Waals surface area contributed by atoms with Crippen molar-refractivity contribution in [3.05, 3.63) is 0 Å².